The van der Waals surface area contributed by atoms with Crippen molar-refractivity contribution in [2.75, 3.05) is 0 Å². The molecule has 0 unspecified atom stereocenters. The van der Waals surface area contributed by atoms with Crippen molar-refractivity contribution in [2.24, 2.45) is 0 Å². The molecule has 0 saturated heterocycles. The number of benzene rings is 1. The van der Waals surface area contributed by atoms with E-state index in [0.29, 0.717) is 0 Å². The van der Waals surface area contributed by atoms with E-state index in [0.717, 1.165) is 23.2 Å². The summed E-state index contributed by atoms with van der Waals surface area (Å²) < 4.78 is 1.17. The van der Waals surface area contributed by atoms with Crippen LogP contribution in [0.4, 0.5) is 0 Å². The molecule has 1 N–H and O–H groups in total. The van der Waals surface area contributed by atoms with Crippen LogP contribution in [0.5, 0.6) is 0 Å². The smallest absolute Gasteiger partial charge is 0.0503 e. The Kier molecular flexibility index (Phi) is 3.94. The van der Waals surface area contributed by atoms with Gasteiger partial charge in [0.2, 0.25) is 0 Å². The van der Waals surface area contributed by atoms with Crippen LogP contribution in [0.2, 0.25) is 5.02 Å². The maximum Gasteiger partial charge on any atom is 0.0503 e. The van der Waals surface area contributed by atoms with Gasteiger partial charge in [0.25, 0.3) is 0 Å². The van der Waals surface area contributed by atoms with E-state index in [9.17, 15) is 0 Å². The second kappa shape index (κ2) is 5.49. The molecular weight excluding hydrogens is 377 g/mol. The Morgan fingerprint density at radius 2 is 2.11 bits per heavy atom. The minimum Gasteiger partial charge on any atom is -0.309 e. The van der Waals surface area contributed by atoms with E-state index in [-0.39, 0.29) is 0 Å². The van der Waals surface area contributed by atoms with Crippen molar-refractivity contribution < 1.29 is 0 Å². The first-order valence-electron chi connectivity index (χ1n) is 6.00. The molecule has 0 atom stereocenters. The fraction of sp³-hybridized carbons (Fsp3) is 0.286. The van der Waals surface area contributed by atoms with Gasteiger partial charge in [0.1, 0.15) is 0 Å². The average molecular weight is 390 g/mol. The molecule has 0 aliphatic heterocycles. The number of thiophene rings is 1. The highest BCUT2D eigenvalue weighted by atomic mass is 127. The quantitative estimate of drug-likeness (QED) is 0.732. The van der Waals surface area contributed by atoms with Gasteiger partial charge in [-0.1, -0.05) is 17.7 Å². The number of hydrogen-bond acceptors (Lipinski definition) is 2. The molecule has 1 saturated carbocycles. The Labute approximate surface area is 130 Å². The van der Waals surface area contributed by atoms with E-state index in [2.05, 4.69) is 52.2 Å². The highest BCUT2D eigenvalue weighted by Gasteiger charge is 2.20. The molecule has 1 aromatic carbocycles. The topological polar surface area (TPSA) is 12.0 Å². The van der Waals surface area contributed by atoms with Gasteiger partial charge in [0.15, 0.2) is 0 Å². The molecule has 0 radical (unpaired) electrons. The van der Waals surface area contributed by atoms with E-state index in [4.69, 9.17) is 11.6 Å². The maximum absolute atomic E-state index is 6.30. The summed E-state index contributed by atoms with van der Waals surface area (Å²) in [6.45, 7) is 0.983. The first-order chi connectivity index (χ1) is 8.72. The second-order valence-corrected chi connectivity index (χ2v) is 7.37. The van der Waals surface area contributed by atoms with Gasteiger partial charge in [-0.25, -0.2) is 0 Å². The normalized spacial score (nSPS) is 15.0. The molecule has 3 rings (SSSR count). The lowest BCUT2D eigenvalue weighted by atomic mass is 10.2. The molecule has 1 aliphatic rings. The molecule has 1 aromatic heterocycles. The van der Waals surface area contributed by atoms with Gasteiger partial charge in [0.05, 0.1) is 5.02 Å². The number of nitrogens with one attached hydrogen (secondary N) is 1. The lowest BCUT2D eigenvalue weighted by Crippen LogP contribution is -2.14. The molecule has 1 aliphatic carbocycles. The van der Waals surface area contributed by atoms with Gasteiger partial charge in [-0.2, -0.15) is 0 Å². The Morgan fingerprint density at radius 1 is 1.28 bits per heavy atom. The SMILES string of the molecule is Clc1cc(I)ccc1-c1ccc(CNC2CC2)s1. The maximum atomic E-state index is 6.30. The van der Waals surface area contributed by atoms with E-state index in [1.165, 1.54) is 26.2 Å². The summed E-state index contributed by atoms with van der Waals surface area (Å²) in [6, 6.07) is 11.3. The lowest BCUT2D eigenvalue weighted by molar-refractivity contribution is 0.695. The van der Waals surface area contributed by atoms with Crippen LogP contribution in [0.1, 0.15) is 17.7 Å². The summed E-state index contributed by atoms with van der Waals surface area (Å²) in [5.41, 5.74) is 1.14. The van der Waals surface area contributed by atoms with E-state index >= 15 is 0 Å². The van der Waals surface area contributed by atoms with Crippen molar-refractivity contribution in [3.8, 4) is 10.4 Å². The minimum absolute atomic E-state index is 0.762. The van der Waals surface area contributed by atoms with Gasteiger partial charge in [0, 0.05) is 31.5 Å². The van der Waals surface area contributed by atoms with Gasteiger partial charge in [-0.3, -0.25) is 0 Å². The van der Waals surface area contributed by atoms with Crippen molar-refractivity contribution in [1.29, 1.82) is 0 Å². The lowest BCUT2D eigenvalue weighted by Gasteiger charge is -2.02. The van der Waals surface area contributed by atoms with Gasteiger partial charge >= 0.3 is 0 Å². The van der Waals surface area contributed by atoms with Crippen molar-refractivity contribution in [3.05, 3.63) is 43.8 Å². The van der Waals surface area contributed by atoms with E-state index in [1.54, 1.807) is 0 Å². The largest absolute Gasteiger partial charge is 0.309 e. The summed E-state index contributed by atoms with van der Waals surface area (Å²) in [5, 5.41) is 4.38. The van der Waals surface area contributed by atoms with Crippen LogP contribution in [0, 0.1) is 3.57 Å². The van der Waals surface area contributed by atoms with Crippen LogP contribution in [-0.4, -0.2) is 6.04 Å². The molecule has 0 amide bonds. The minimum atomic E-state index is 0.762. The molecular formula is C14H13ClINS. The Morgan fingerprint density at radius 3 is 2.83 bits per heavy atom. The third-order valence-corrected chi connectivity index (χ3v) is 5.10. The molecule has 1 heterocycles. The number of halogens is 2. The zero-order valence-corrected chi connectivity index (χ0v) is 13.5. The fourth-order valence-electron chi connectivity index (χ4n) is 1.84. The molecule has 4 heteroatoms. The van der Waals surface area contributed by atoms with Crippen molar-refractivity contribution in [3.63, 3.8) is 0 Å². The summed E-state index contributed by atoms with van der Waals surface area (Å²) in [5.74, 6) is 0. The Bertz CT molecular complexity index is 563. The second-order valence-electron chi connectivity index (χ2n) is 4.55. The van der Waals surface area contributed by atoms with Crippen LogP contribution in [-0.2, 0) is 6.54 Å². The van der Waals surface area contributed by atoms with Crippen LogP contribution in [0.3, 0.4) is 0 Å². The zero-order chi connectivity index (χ0) is 12.5. The van der Waals surface area contributed by atoms with Crippen LogP contribution in [0.25, 0.3) is 10.4 Å². The van der Waals surface area contributed by atoms with Crippen LogP contribution < -0.4 is 5.32 Å². The molecule has 0 bridgehead atoms. The Hall–Kier alpha value is -0.100. The zero-order valence-electron chi connectivity index (χ0n) is 9.75. The van der Waals surface area contributed by atoms with Crippen LogP contribution in [0.15, 0.2) is 30.3 Å². The first kappa shape index (κ1) is 12.9. The molecule has 1 fully saturated rings. The van der Waals surface area contributed by atoms with Crippen molar-refractivity contribution >= 4 is 45.5 Å². The number of hydrogen-bond donors (Lipinski definition) is 1. The molecule has 18 heavy (non-hydrogen) atoms. The third kappa shape index (κ3) is 3.07. The molecule has 2 aromatic rings. The van der Waals surface area contributed by atoms with E-state index in [1.807, 2.05) is 17.4 Å². The van der Waals surface area contributed by atoms with Crippen molar-refractivity contribution in [1.82, 2.24) is 5.32 Å². The predicted molar refractivity (Wildman–Crippen MR) is 87.3 cm³/mol. The third-order valence-electron chi connectivity index (χ3n) is 3.00. The Balaban J connectivity index is 1.78. The van der Waals surface area contributed by atoms with Gasteiger partial charge < -0.3 is 5.32 Å². The standard InChI is InChI=1S/C14H13ClINS/c15-13-7-9(16)1-5-12(13)14-6-4-11(18-14)8-17-10-2-3-10/h1,4-7,10,17H,2-3,8H2. The van der Waals surface area contributed by atoms with E-state index < -0.39 is 0 Å². The summed E-state index contributed by atoms with van der Waals surface area (Å²) in [4.78, 5) is 2.63. The van der Waals surface area contributed by atoms with Crippen molar-refractivity contribution in [2.45, 2.75) is 25.4 Å². The summed E-state index contributed by atoms with van der Waals surface area (Å²) in [6.07, 6.45) is 2.67. The molecule has 1 nitrogen and oxygen atoms in total. The first-order valence-corrected chi connectivity index (χ1v) is 8.27. The molecule has 0 spiro atoms. The molecule has 94 valence electrons. The fourth-order valence-corrected chi connectivity index (χ4v) is 3.85. The highest BCUT2D eigenvalue weighted by molar-refractivity contribution is 14.1. The summed E-state index contributed by atoms with van der Waals surface area (Å²) in [7, 11) is 0. The number of rotatable bonds is 4. The average Bonchev–Trinajstić information content (AvgIpc) is 3.05. The van der Waals surface area contributed by atoms with Gasteiger partial charge in [-0.05, 0) is 59.7 Å². The highest BCUT2D eigenvalue weighted by Crippen LogP contribution is 2.34. The summed E-state index contributed by atoms with van der Waals surface area (Å²) >= 11 is 10.4. The van der Waals surface area contributed by atoms with Gasteiger partial charge in [-0.15, -0.1) is 11.3 Å². The monoisotopic (exact) mass is 389 g/mol. The predicted octanol–water partition coefficient (Wildman–Crippen LogP) is 4.93. The van der Waals surface area contributed by atoms with Crippen LogP contribution >= 0.6 is 45.5 Å².